The van der Waals surface area contributed by atoms with Gasteiger partial charge in [0.1, 0.15) is 36.6 Å². The van der Waals surface area contributed by atoms with Gasteiger partial charge in [0, 0.05) is 0 Å². The molecule has 0 aromatic carbocycles. The van der Waals surface area contributed by atoms with Crippen LogP contribution >= 0.6 is 0 Å². The van der Waals surface area contributed by atoms with E-state index in [2.05, 4.69) is 33.5 Å². The van der Waals surface area contributed by atoms with Crippen molar-refractivity contribution in [3.05, 3.63) is 0 Å². The molecule has 0 unspecified atom stereocenters. The van der Waals surface area contributed by atoms with Crippen LogP contribution in [0.3, 0.4) is 0 Å². The zero-order chi connectivity index (χ0) is 43.0. The molecule has 35 nitrogen and oxygen atoms in total. The number of ether oxygens (including phenoxy) is 3. The summed E-state index contributed by atoms with van der Waals surface area (Å²) in [5.74, 6) is 0. The molecule has 0 aliphatic carbocycles. The molecule has 2 aliphatic rings. The lowest BCUT2D eigenvalue weighted by molar-refractivity contribution is -0.365. The van der Waals surface area contributed by atoms with Gasteiger partial charge in [-0.15, -0.1) is 0 Å². The van der Waals surface area contributed by atoms with E-state index < -0.39 is 158 Å². The van der Waals surface area contributed by atoms with Crippen LogP contribution < -0.4 is 0 Å². The van der Waals surface area contributed by atoms with Gasteiger partial charge in [0.2, 0.25) is 0 Å². The normalized spacial score (nSPS) is 30.9. The summed E-state index contributed by atoms with van der Waals surface area (Å²) in [5.41, 5.74) is 0. The average Bonchev–Trinajstić information content (AvgIpc) is 2.88. The standard InChI is InChI=1S/C12H22O35S8/c13-48(14,15)37-1-3-5(42-50(19,20)21)7(44-52(25,26)27)9(46-54(31,32)33)11(39-3)41-12-10(47-55(34,35)36)8(45-53(28,29)30)6(43-51(22,23)24)4(40-12)2-38-49(16,17)18/h3-12H,1-2H2,(H,13,14,15)(H,16,17,18)(H,19,20,21)(H,22,23,24)(H,25,26,27)(H,28,29,30)(H,31,32,33)(H,34,35,36)/t3-,4-,5-,6-,7+,8+,9-,10-,11-,12-/m1/s1. The molecular formula is C12H22O35S8. The Labute approximate surface area is 308 Å². The van der Waals surface area contributed by atoms with Crippen molar-refractivity contribution in [1.29, 1.82) is 0 Å². The van der Waals surface area contributed by atoms with Crippen molar-refractivity contribution in [2.24, 2.45) is 0 Å². The Morgan fingerprint density at radius 3 is 0.764 bits per heavy atom. The molecule has 0 amide bonds. The average molecular weight is 983 g/mol. The summed E-state index contributed by atoms with van der Waals surface area (Å²) in [6.07, 6.45) is -32.0. The van der Waals surface area contributed by atoms with Crippen molar-refractivity contribution in [2.75, 3.05) is 13.2 Å². The molecule has 0 spiro atoms. The third-order valence-corrected chi connectivity index (χ3v) is 9.27. The third-order valence-electron chi connectivity index (χ3n) is 5.61. The van der Waals surface area contributed by atoms with Crippen molar-refractivity contribution in [3.63, 3.8) is 0 Å². The van der Waals surface area contributed by atoms with Gasteiger partial charge in [-0.25, -0.2) is 33.5 Å². The fourth-order valence-electron chi connectivity index (χ4n) is 4.18. The van der Waals surface area contributed by atoms with Crippen LogP contribution in [0.25, 0.3) is 0 Å². The van der Waals surface area contributed by atoms with Crippen LogP contribution in [0, 0.1) is 0 Å². The lowest BCUT2D eigenvalue weighted by Gasteiger charge is -2.47. The molecule has 2 fully saturated rings. The summed E-state index contributed by atoms with van der Waals surface area (Å²) in [7, 11) is -48.1. The first-order valence-electron chi connectivity index (χ1n) is 12.3. The summed E-state index contributed by atoms with van der Waals surface area (Å²) in [6, 6.07) is 0. The van der Waals surface area contributed by atoms with Crippen LogP contribution in [0.1, 0.15) is 0 Å². The first-order chi connectivity index (χ1) is 24.2. The minimum atomic E-state index is -6.17. The van der Waals surface area contributed by atoms with Crippen LogP contribution in [0.4, 0.5) is 0 Å². The van der Waals surface area contributed by atoms with Crippen molar-refractivity contribution in [1.82, 2.24) is 0 Å². The van der Waals surface area contributed by atoms with Crippen LogP contribution in [0.2, 0.25) is 0 Å². The molecule has 0 bridgehead atoms. The predicted octanol–water partition coefficient (Wildman–Crippen LogP) is -6.78. The van der Waals surface area contributed by atoms with Gasteiger partial charge in [-0.2, -0.15) is 67.3 Å². The molecular weight excluding hydrogens is 961 g/mol. The van der Waals surface area contributed by atoms with E-state index in [1.54, 1.807) is 0 Å². The van der Waals surface area contributed by atoms with Crippen LogP contribution in [0.5, 0.6) is 0 Å². The lowest BCUT2D eigenvalue weighted by atomic mass is 9.98. The number of hydrogen-bond donors (Lipinski definition) is 8. The highest BCUT2D eigenvalue weighted by Crippen LogP contribution is 2.37. The van der Waals surface area contributed by atoms with E-state index in [4.69, 9.17) is 23.3 Å². The molecule has 8 N–H and O–H groups in total. The van der Waals surface area contributed by atoms with Gasteiger partial charge >= 0.3 is 83.2 Å². The van der Waals surface area contributed by atoms with E-state index in [-0.39, 0.29) is 0 Å². The quantitative estimate of drug-likeness (QED) is 0.0526. The molecule has 55 heavy (non-hydrogen) atoms. The van der Waals surface area contributed by atoms with Crippen molar-refractivity contribution >= 4 is 83.2 Å². The molecule has 2 heterocycles. The fourth-order valence-corrected chi connectivity index (χ4v) is 7.78. The molecule has 0 aromatic heterocycles. The highest BCUT2D eigenvalue weighted by Gasteiger charge is 2.59. The molecule has 2 aliphatic heterocycles. The highest BCUT2D eigenvalue weighted by atomic mass is 32.3. The van der Waals surface area contributed by atoms with E-state index in [9.17, 15) is 94.7 Å². The summed E-state index contributed by atoms with van der Waals surface area (Å²) in [6.45, 7) is -3.83. The first kappa shape index (κ1) is 50.0. The van der Waals surface area contributed by atoms with E-state index in [1.807, 2.05) is 0 Å². The monoisotopic (exact) mass is 982 g/mol. The van der Waals surface area contributed by atoms with E-state index in [0.29, 0.717) is 0 Å². The lowest BCUT2D eigenvalue weighted by Crippen LogP contribution is -2.67. The van der Waals surface area contributed by atoms with E-state index in [1.165, 1.54) is 0 Å². The van der Waals surface area contributed by atoms with Gasteiger partial charge < -0.3 is 14.2 Å². The van der Waals surface area contributed by atoms with Gasteiger partial charge in [-0.3, -0.25) is 36.4 Å². The van der Waals surface area contributed by atoms with Gasteiger partial charge in [-0.1, -0.05) is 0 Å². The van der Waals surface area contributed by atoms with Gasteiger partial charge in [0.05, 0.1) is 13.2 Å². The third kappa shape index (κ3) is 19.0. The largest absolute Gasteiger partial charge is 0.397 e. The Kier molecular flexibility index (Phi) is 16.0. The summed E-state index contributed by atoms with van der Waals surface area (Å²) >= 11 is 0. The Balaban J connectivity index is 2.97. The molecule has 0 radical (unpaired) electrons. The molecule has 0 saturated carbocycles. The number of rotatable bonds is 20. The molecule has 328 valence electrons. The van der Waals surface area contributed by atoms with Gasteiger partial charge in [0.15, 0.2) is 24.8 Å². The molecule has 10 atom stereocenters. The summed E-state index contributed by atoms with van der Waals surface area (Å²) in [4.78, 5) is 0. The second-order valence-electron chi connectivity index (χ2n) is 9.58. The minimum absolute atomic E-state index is 1.91. The minimum Gasteiger partial charge on any atom is -0.341 e. The van der Waals surface area contributed by atoms with Gasteiger partial charge in [0.25, 0.3) is 0 Å². The number of hydrogen-bond acceptors (Lipinski definition) is 27. The van der Waals surface area contributed by atoms with Crippen LogP contribution in [-0.4, -0.2) is 178 Å². The Hall–Kier alpha value is -1.16. The molecule has 2 saturated heterocycles. The Morgan fingerprint density at radius 1 is 0.327 bits per heavy atom. The van der Waals surface area contributed by atoms with Gasteiger partial charge in [-0.05, 0) is 0 Å². The second-order valence-corrected chi connectivity index (χ2v) is 18.0. The first-order valence-corrected chi connectivity index (χ1v) is 23.3. The topological polar surface area (TPSA) is 536 Å². The van der Waals surface area contributed by atoms with Crippen molar-refractivity contribution in [2.45, 2.75) is 61.4 Å². The smallest absolute Gasteiger partial charge is 0.341 e. The SMILES string of the molecule is O=S(=O)(O)OC[C@H]1O[C@H](O[C@H]2O[C@H](COS(=O)(=O)O)[C@@H](OS(=O)(=O)O)[C@H](OS(=O)(=O)O)[C@H]2OS(=O)(=O)O)[C@H](OS(=O)(=O)O)[C@@H](OS(=O)(=O)O)[C@@H]1OS(=O)(=O)O. The Morgan fingerprint density at radius 2 is 0.545 bits per heavy atom. The summed E-state index contributed by atoms with van der Waals surface area (Å²) in [5, 5.41) is 0. The van der Waals surface area contributed by atoms with E-state index in [0.717, 1.165) is 0 Å². The predicted molar refractivity (Wildman–Crippen MR) is 152 cm³/mol. The maximum Gasteiger partial charge on any atom is 0.397 e. The summed E-state index contributed by atoms with van der Waals surface area (Å²) < 4.78 is 306. The maximum absolute atomic E-state index is 11.8. The second kappa shape index (κ2) is 17.6. The maximum atomic E-state index is 11.8. The van der Waals surface area contributed by atoms with Crippen molar-refractivity contribution < 1.29 is 151 Å². The molecule has 43 heteroatoms. The zero-order valence-electron chi connectivity index (χ0n) is 25.1. The fraction of sp³-hybridized carbons (Fsp3) is 1.00. The van der Waals surface area contributed by atoms with E-state index >= 15 is 0 Å². The zero-order valence-corrected chi connectivity index (χ0v) is 31.6. The Bertz CT molecular complexity index is 2100. The van der Waals surface area contributed by atoms with Crippen LogP contribution in [-0.2, 0) is 131 Å². The van der Waals surface area contributed by atoms with Crippen LogP contribution in [0.15, 0.2) is 0 Å². The van der Waals surface area contributed by atoms with Crippen molar-refractivity contribution in [3.8, 4) is 0 Å². The molecule has 2 rings (SSSR count). The molecule has 0 aromatic rings. The highest BCUT2D eigenvalue weighted by molar-refractivity contribution is 7.82.